The molecule has 0 saturated heterocycles. The zero-order valence-electron chi connectivity index (χ0n) is 16.6. The Bertz CT molecular complexity index is 1110. The first kappa shape index (κ1) is 19.3. The van der Waals surface area contributed by atoms with E-state index in [4.69, 9.17) is 4.42 Å². The second kappa shape index (κ2) is 7.76. The lowest BCUT2D eigenvalue weighted by Gasteiger charge is -2.18. The van der Waals surface area contributed by atoms with Crippen LogP contribution in [0, 0.1) is 20.8 Å². The van der Waals surface area contributed by atoms with Crippen molar-refractivity contribution in [2.75, 3.05) is 4.90 Å². The molecule has 0 fully saturated rings. The molecule has 2 aromatic carbocycles. The van der Waals surface area contributed by atoms with E-state index in [0.29, 0.717) is 21.9 Å². The molecule has 0 bridgehead atoms. The number of hydrogen-bond acceptors (Lipinski definition) is 4. The standard InChI is InChI=1S/C24H21NO3S/c1-15-6-9-18(10-7-15)21-22(29-14-19-5-4-12-28-19)24(27)25(23(21)26)20-11-8-16(2)13-17(20)3/h4-13H,14H2,1-3H3. The number of aryl methyl sites for hydroxylation is 3. The molecule has 5 heteroatoms. The van der Waals surface area contributed by atoms with Crippen LogP contribution in [0.1, 0.15) is 28.0 Å². The number of thioether (sulfide) groups is 1. The van der Waals surface area contributed by atoms with Crippen molar-refractivity contribution in [3.05, 3.63) is 93.8 Å². The zero-order chi connectivity index (χ0) is 20.5. The Morgan fingerprint density at radius 3 is 2.28 bits per heavy atom. The molecule has 1 aliphatic heterocycles. The normalized spacial score (nSPS) is 14.2. The van der Waals surface area contributed by atoms with E-state index < -0.39 is 0 Å². The third-order valence-corrected chi connectivity index (χ3v) is 6.01. The minimum Gasteiger partial charge on any atom is -0.468 e. The first-order valence-corrected chi connectivity index (χ1v) is 10.4. The highest BCUT2D eigenvalue weighted by molar-refractivity contribution is 8.03. The number of benzene rings is 2. The summed E-state index contributed by atoms with van der Waals surface area (Å²) in [7, 11) is 0. The Balaban J connectivity index is 1.77. The van der Waals surface area contributed by atoms with E-state index in [0.717, 1.165) is 28.0 Å². The third kappa shape index (κ3) is 3.66. The third-order valence-electron chi connectivity index (χ3n) is 4.91. The van der Waals surface area contributed by atoms with E-state index in [1.54, 1.807) is 6.26 Å². The molecular formula is C24H21NO3S. The molecule has 1 aromatic heterocycles. The maximum absolute atomic E-state index is 13.4. The molecule has 0 unspecified atom stereocenters. The molecule has 1 aliphatic rings. The number of anilines is 1. The van der Waals surface area contributed by atoms with Gasteiger partial charge in [0.15, 0.2) is 0 Å². The van der Waals surface area contributed by atoms with Gasteiger partial charge in [-0.2, -0.15) is 0 Å². The number of imide groups is 1. The summed E-state index contributed by atoms with van der Waals surface area (Å²) in [4.78, 5) is 28.5. The number of rotatable bonds is 5. The van der Waals surface area contributed by atoms with Gasteiger partial charge in [0.1, 0.15) is 5.76 Å². The van der Waals surface area contributed by atoms with E-state index in [1.165, 1.54) is 16.7 Å². The van der Waals surface area contributed by atoms with Crippen molar-refractivity contribution < 1.29 is 14.0 Å². The van der Waals surface area contributed by atoms with Crippen LogP contribution in [0.15, 0.2) is 70.2 Å². The van der Waals surface area contributed by atoms with Gasteiger partial charge in [0, 0.05) is 0 Å². The van der Waals surface area contributed by atoms with Crippen molar-refractivity contribution in [2.24, 2.45) is 0 Å². The summed E-state index contributed by atoms with van der Waals surface area (Å²) in [5.41, 5.74) is 4.91. The minimum absolute atomic E-state index is 0.283. The molecule has 29 heavy (non-hydrogen) atoms. The van der Waals surface area contributed by atoms with Crippen molar-refractivity contribution in [3.63, 3.8) is 0 Å². The predicted molar refractivity (Wildman–Crippen MR) is 117 cm³/mol. The molecule has 0 saturated carbocycles. The summed E-state index contributed by atoms with van der Waals surface area (Å²) < 4.78 is 5.40. The van der Waals surface area contributed by atoms with Crippen LogP contribution in [0.25, 0.3) is 5.57 Å². The van der Waals surface area contributed by atoms with Crippen molar-refractivity contribution in [3.8, 4) is 0 Å². The van der Waals surface area contributed by atoms with Gasteiger partial charge in [-0.15, -0.1) is 11.8 Å². The van der Waals surface area contributed by atoms with Crippen LogP contribution < -0.4 is 4.90 Å². The van der Waals surface area contributed by atoms with Crippen molar-refractivity contribution in [2.45, 2.75) is 26.5 Å². The summed E-state index contributed by atoms with van der Waals surface area (Å²) in [6, 6.07) is 17.1. The summed E-state index contributed by atoms with van der Waals surface area (Å²) in [5, 5.41) is 0. The summed E-state index contributed by atoms with van der Waals surface area (Å²) in [5.74, 6) is 0.676. The van der Waals surface area contributed by atoms with Gasteiger partial charge >= 0.3 is 0 Å². The Morgan fingerprint density at radius 2 is 1.62 bits per heavy atom. The smallest absolute Gasteiger partial charge is 0.272 e. The van der Waals surface area contributed by atoms with Gasteiger partial charge in [-0.1, -0.05) is 47.5 Å². The van der Waals surface area contributed by atoms with E-state index in [2.05, 4.69) is 0 Å². The van der Waals surface area contributed by atoms with Crippen LogP contribution in [-0.4, -0.2) is 11.8 Å². The number of amides is 2. The quantitative estimate of drug-likeness (QED) is 0.534. The average molecular weight is 404 g/mol. The highest BCUT2D eigenvalue weighted by Crippen LogP contribution is 2.40. The van der Waals surface area contributed by atoms with E-state index in [-0.39, 0.29) is 11.8 Å². The van der Waals surface area contributed by atoms with Gasteiger partial charge < -0.3 is 4.42 Å². The summed E-state index contributed by atoms with van der Waals surface area (Å²) >= 11 is 1.34. The minimum atomic E-state index is -0.284. The molecule has 4 rings (SSSR count). The largest absolute Gasteiger partial charge is 0.468 e. The second-order valence-corrected chi connectivity index (χ2v) is 8.16. The number of carbonyl (C=O) groups excluding carboxylic acids is 2. The van der Waals surface area contributed by atoms with Gasteiger partial charge in [-0.05, 0) is 50.1 Å². The molecule has 0 aliphatic carbocycles. The van der Waals surface area contributed by atoms with Crippen LogP contribution in [0.5, 0.6) is 0 Å². The number of carbonyl (C=O) groups is 2. The van der Waals surface area contributed by atoms with Gasteiger partial charge in [0.25, 0.3) is 11.8 Å². The predicted octanol–water partition coefficient (Wildman–Crippen LogP) is 5.42. The van der Waals surface area contributed by atoms with Crippen molar-refractivity contribution in [1.82, 2.24) is 0 Å². The number of nitrogens with zero attached hydrogens (tertiary/aromatic N) is 1. The van der Waals surface area contributed by atoms with Crippen molar-refractivity contribution >= 4 is 34.8 Å². The summed E-state index contributed by atoms with van der Waals surface area (Å²) in [6.07, 6.45) is 1.61. The maximum atomic E-state index is 13.4. The first-order valence-electron chi connectivity index (χ1n) is 9.38. The Hall–Kier alpha value is -3.05. The lowest BCUT2D eigenvalue weighted by atomic mass is 10.0. The lowest BCUT2D eigenvalue weighted by Crippen LogP contribution is -2.32. The van der Waals surface area contributed by atoms with Crippen molar-refractivity contribution in [1.29, 1.82) is 0 Å². The highest BCUT2D eigenvalue weighted by Gasteiger charge is 2.40. The molecule has 3 aromatic rings. The molecule has 2 amide bonds. The van der Waals surface area contributed by atoms with Crippen LogP contribution in [0.2, 0.25) is 0 Å². The number of hydrogen-bond donors (Lipinski definition) is 0. The van der Waals surface area contributed by atoms with Gasteiger partial charge in [0.05, 0.1) is 28.2 Å². The SMILES string of the molecule is Cc1ccc(C2=C(SCc3ccco3)C(=O)N(c3ccc(C)cc3C)C2=O)cc1. The molecule has 0 atom stereocenters. The van der Waals surface area contributed by atoms with Gasteiger partial charge in [0.2, 0.25) is 0 Å². The molecule has 4 nitrogen and oxygen atoms in total. The molecule has 0 N–H and O–H groups in total. The Morgan fingerprint density at radius 1 is 0.897 bits per heavy atom. The molecular weight excluding hydrogens is 382 g/mol. The highest BCUT2D eigenvalue weighted by atomic mass is 32.2. The fraction of sp³-hybridized carbons (Fsp3) is 0.167. The van der Waals surface area contributed by atoms with E-state index in [1.807, 2.05) is 75.4 Å². The average Bonchev–Trinajstić information content (AvgIpc) is 3.28. The second-order valence-electron chi connectivity index (χ2n) is 7.17. The van der Waals surface area contributed by atoms with E-state index >= 15 is 0 Å². The Kier molecular flexibility index (Phi) is 5.16. The zero-order valence-corrected chi connectivity index (χ0v) is 17.4. The fourth-order valence-corrected chi connectivity index (χ4v) is 4.45. The maximum Gasteiger partial charge on any atom is 0.272 e. The number of furan rings is 1. The lowest BCUT2D eigenvalue weighted by molar-refractivity contribution is -0.119. The molecule has 2 heterocycles. The molecule has 146 valence electrons. The molecule has 0 radical (unpaired) electrons. The summed E-state index contributed by atoms with van der Waals surface area (Å²) in [6.45, 7) is 5.90. The van der Waals surface area contributed by atoms with Crippen LogP contribution in [0.3, 0.4) is 0 Å². The van der Waals surface area contributed by atoms with Gasteiger partial charge in [-0.3, -0.25) is 9.59 Å². The monoisotopic (exact) mass is 403 g/mol. The topological polar surface area (TPSA) is 50.5 Å². The Labute approximate surface area is 174 Å². The first-order chi connectivity index (χ1) is 14.0. The van der Waals surface area contributed by atoms with Crippen LogP contribution in [-0.2, 0) is 15.3 Å². The molecule has 0 spiro atoms. The van der Waals surface area contributed by atoms with Crippen LogP contribution in [0.4, 0.5) is 5.69 Å². The van der Waals surface area contributed by atoms with Crippen LogP contribution >= 0.6 is 11.8 Å². The van der Waals surface area contributed by atoms with Gasteiger partial charge in [-0.25, -0.2) is 4.90 Å². The fourth-order valence-electron chi connectivity index (χ4n) is 3.43. The van der Waals surface area contributed by atoms with E-state index in [9.17, 15) is 9.59 Å².